The Balaban J connectivity index is 2.21. The first-order chi connectivity index (χ1) is 8.58. The third-order valence-corrected chi connectivity index (χ3v) is 2.83. The number of rotatable bonds is 4. The van der Waals surface area contributed by atoms with Crippen LogP contribution in [0, 0.1) is 5.82 Å². The van der Waals surface area contributed by atoms with Crippen LogP contribution in [0.1, 0.15) is 19.5 Å². The third kappa shape index (κ3) is 2.89. The van der Waals surface area contributed by atoms with Gasteiger partial charge in [-0.1, -0.05) is 31.5 Å². The van der Waals surface area contributed by atoms with Crippen LogP contribution in [0.3, 0.4) is 0 Å². The van der Waals surface area contributed by atoms with E-state index < -0.39 is 5.82 Å². The van der Waals surface area contributed by atoms with Gasteiger partial charge in [0, 0.05) is 18.8 Å². The average Bonchev–Trinajstić information content (AvgIpc) is 2.78. The quantitative estimate of drug-likeness (QED) is 0.922. The van der Waals surface area contributed by atoms with Crippen molar-refractivity contribution in [1.29, 1.82) is 0 Å². The predicted octanol–water partition coefficient (Wildman–Crippen LogP) is 3.16. The lowest BCUT2D eigenvalue weighted by molar-refractivity contribution is 0.582. The highest BCUT2D eigenvalue weighted by Crippen LogP contribution is 2.21. The summed E-state index contributed by atoms with van der Waals surface area (Å²) in [6, 6.07) is 5.30. The number of imidazole rings is 1. The molecule has 0 aliphatic heterocycles. The van der Waals surface area contributed by atoms with Crippen molar-refractivity contribution < 1.29 is 4.39 Å². The van der Waals surface area contributed by atoms with Crippen molar-refractivity contribution in [2.45, 2.75) is 26.4 Å². The zero-order valence-electron chi connectivity index (χ0n) is 10.3. The molecule has 1 N–H and O–H groups in total. The number of hydrogen-bond acceptors (Lipinski definition) is 2. The lowest BCUT2D eigenvalue weighted by atomic mass is 10.3. The highest BCUT2D eigenvalue weighted by atomic mass is 35.5. The summed E-state index contributed by atoms with van der Waals surface area (Å²) in [4.78, 5) is 4.23. The van der Waals surface area contributed by atoms with Crippen LogP contribution in [-0.2, 0) is 6.54 Å². The molecule has 0 unspecified atom stereocenters. The second-order valence-electron chi connectivity index (χ2n) is 4.38. The maximum absolute atomic E-state index is 13.8. The molecule has 0 radical (unpaired) electrons. The normalized spacial score (nSPS) is 11.2. The number of nitrogens with zero attached hydrogens (tertiary/aromatic N) is 2. The average molecular weight is 268 g/mol. The van der Waals surface area contributed by atoms with Crippen molar-refractivity contribution >= 4 is 11.6 Å². The van der Waals surface area contributed by atoms with Gasteiger partial charge in [0.05, 0.1) is 22.7 Å². The Morgan fingerprint density at radius 1 is 1.44 bits per heavy atom. The van der Waals surface area contributed by atoms with Crippen LogP contribution in [-0.4, -0.2) is 15.6 Å². The van der Waals surface area contributed by atoms with Gasteiger partial charge in [0.1, 0.15) is 0 Å². The van der Waals surface area contributed by atoms with Gasteiger partial charge in [-0.3, -0.25) is 0 Å². The maximum Gasteiger partial charge on any atom is 0.165 e. The molecule has 5 heteroatoms. The fourth-order valence-electron chi connectivity index (χ4n) is 1.59. The molecule has 0 bridgehead atoms. The number of aromatic nitrogens is 2. The third-order valence-electron chi connectivity index (χ3n) is 2.54. The molecule has 0 saturated carbocycles. The van der Waals surface area contributed by atoms with E-state index in [1.165, 1.54) is 6.07 Å². The molecule has 2 rings (SSSR count). The monoisotopic (exact) mass is 267 g/mol. The van der Waals surface area contributed by atoms with E-state index in [1.54, 1.807) is 29.2 Å². The molecule has 0 amide bonds. The van der Waals surface area contributed by atoms with Gasteiger partial charge < -0.3 is 9.88 Å². The van der Waals surface area contributed by atoms with Gasteiger partial charge in [0.2, 0.25) is 0 Å². The van der Waals surface area contributed by atoms with E-state index in [0.29, 0.717) is 18.3 Å². The van der Waals surface area contributed by atoms with Crippen LogP contribution in [0.5, 0.6) is 0 Å². The van der Waals surface area contributed by atoms with Crippen LogP contribution in [0.2, 0.25) is 5.02 Å². The summed E-state index contributed by atoms with van der Waals surface area (Å²) in [7, 11) is 0. The zero-order chi connectivity index (χ0) is 13.1. The molecule has 0 spiro atoms. The van der Waals surface area contributed by atoms with Crippen molar-refractivity contribution in [3.8, 4) is 5.69 Å². The highest BCUT2D eigenvalue weighted by molar-refractivity contribution is 6.30. The van der Waals surface area contributed by atoms with Gasteiger partial charge in [0.15, 0.2) is 5.82 Å². The van der Waals surface area contributed by atoms with Crippen LogP contribution in [0.25, 0.3) is 5.69 Å². The van der Waals surface area contributed by atoms with Gasteiger partial charge in [0.25, 0.3) is 0 Å². The Kier molecular flexibility index (Phi) is 3.99. The Morgan fingerprint density at radius 3 is 2.94 bits per heavy atom. The maximum atomic E-state index is 13.8. The first-order valence-electron chi connectivity index (χ1n) is 5.78. The second-order valence-corrected chi connectivity index (χ2v) is 4.79. The number of hydrogen-bond donors (Lipinski definition) is 1. The molecule has 0 aliphatic rings. The smallest absolute Gasteiger partial charge is 0.165 e. The first-order valence-corrected chi connectivity index (χ1v) is 6.16. The molecule has 1 aromatic heterocycles. The van der Waals surface area contributed by atoms with E-state index in [-0.39, 0.29) is 5.02 Å². The fourth-order valence-corrected chi connectivity index (χ4v) is 1.76. The van der Waals surface area contributed by atoms with Crippen molar-refractivity contribution in [3.63, 3.8) is 0 Å². The van der Waals surface area contributed by atoms with Gasteiger partial charge in [-0.05, 0) is 12.1 Å². The molecular weight excluding hydrogens is 253 g/mol. The highest BCUT2D eigenvalue weighted by Gasteiger charge is 2.09. The van der Waals surface area contributed by atoms with Crippen molar-refractivity contribution in [1.82, 2.24) is 14.9 Å². The molecule has 0 fully saturated rings. The molecule has 2 aromatic rings. The van der Waals surface area contributed by atoms with E-state index in [0.717, 1.165) is 5.69 Å². The first kappa shape index (κ1) is 13.1. The zero-order valence-corrected chi connectivity index (χ0v) is 11.1. The largest absolute Gasteiger partial charge is 0.309 e. The summed E-state index contributed by atoms with van der Waals surface area (Å²) in [6.45, 7) is 4.79. The SMILES string of the molecule is CC(C)NCc1cn(-c2cccc(Cl)c2F)cn1. The van der Waals surface area contributed by atoms with Gasteiger partial charge in [-0.15, -0.1) is 0 Å². The number of halogens is 2. The van der Waals surface area contributed by atoms with E-state index in [4.69, 9.17) is 11.6 Å². The Bertz CT molecular complexity index is 537. The minimum atomic E-state index is -0.431. The summed E-state index contributed by atoms with van der Waals surface area (Å²) < 4.78 is 15.5. The van der Waals surface area contributed by atoms with Gasteiger partial charge in [-0.25, -0.2) is 9.37 Å². The predicted molar refractivity (Wildman–Crippen MR) is 70.5 cm³/mol. The Morgan fingerprint density at radius 2 is 2.22 bits per heavy atom. The van der Waals surface area contributed by atoms with Crippen LogP contribution in [0.15, 0.2) is 30.7 Å². The molecule has 18 heavy (non-hydrogen) atoms. The van der Waals surface area contributed by atoms with Crippen molar-refractivity contribution in [3.05, 3.63) is 47.3 Å². The fraction of sp³-hybridized carbons (Fsp3) is 0.308. The summed E-state index contributed by atoms with van der Waals surface area (Å²) in [5.41, 5.74) is 1.27. The minimum Gasteiger partial charge on any atom is -0.309 e. The molecule has 96 valence electrons. The molecular formula is C13H15ClFN3. The van der Waals surface area contributed by atoms with E-state index in [9.17, 15) is 4.39 Å². The second kappa shape index (κ2) is 5.50. The lowest BCUT2D eigenvalue weighted by Crippen LogP contribution is -2.21. The van der Waals surface area contributed by atoms with Crippen molar-refractivity contribution in [2.75, 3.05) is 0 Å². The van der Waals surface area contributed by atoms with Gasteiger partial charge in [-0.2, -0.15) is 0 Å². The molecule has 0 aliphatic carbocycles. The lowest BCUT2D eigenvalue weighted by Gasteiger charge is -2.06. The van der Waals surface area contributed by atoms with Gasteiger partial charge >= 0.3 is 0 Å². The molecule has 1 heterocycles. The van der Waals surface area contributed by atoms with Crippen LogP contribution < -0.4 is 5.32 Å². The van der Waals surface area contributed by atoms with E-state index in [1.807, 2.05) is 0 Å². The number of nitrogens with one attached hydrogen (secondary N) is 1. The van der Waals surface area contributed by atoms with Crippen LogP contribution in [0.4, 0.5) is 4.39 Å². The summed E-state index contributed by atoms with van der Waals surface area (Å²) in [6.07, 6.45) is 3.39. The minimum absolute atomic E-state index is 0.114. The van der Waals surface area contributed by atoms with E-state index in [2.05, 4.69) is 24.1 Å². The number of benzene rings is 1. The topological polar surface area (TPSA) is 29.9 Å². The summed E-state index contributed by atoms with van der Waals surface area (Å²) in [5, 5.41) is 3.37. The molecule has 1 aromatic carbocycles. The molecule has 0 saturated heterocycles. The van der Waals surface area contributed by atoms with E-state index >= 15 is 0 Å². The summed E-state index contributed by atoms with van der Waals surface area (Å²) in [5.74, 6) is -0.431. The summed E-state index contributed by atoms with van der Waals surface area (Å²) >= 11 is 5.75. The van der Waals surface area contributed by atoms with Crippen LogP contribution >= 0.6 is 11.6 Å². The Labute approximate surface area is 111 Å². The molecule has 3 nitrogen and oxygen atoms in total. The standard InChI is InChI=1S/C13H15ClFN3/c1-9(2)16-6-10-7-18(8-17-10)12-5-3-4-11(14)13(12)15/h3-5,7-9,16H,6H2,1-2H3. The Hall–Kier alpha value is -1.39. The molecule has 0 atom stereocenters. The van der Waals surface area contributed by atoms with Crippen molar-refractivity contribution in [2.24, 2.45) is 0 Å².